The number of nitrogens with zero attached hydrogens (tertiary/aromatic N) is 1. The highest BCUT2D eigenvalue weighted by Crippen LogP contribution is 2.24. The molecule has 0 spiro atoms. The van der Waals surface area contributed by atoms with E-state index in [1.54, 1.807) is 14.2 Å². The van der Waals surface area contributed by atoms with Crippen molar-refractivity contribution in [2.75, 3.05) is 27.4 Å². The Morgan fingerprint density at radius 3 is 2.80 bits per heavy atom. The van der Waals surface area contributed by atoms with E-state index in [1.807, 2.05) is 25.1 Å². The third kappa shape index (κ3) is 3.08. The van der Waals surface area contributed by atoms with Gasteiger partial charge in [-0.25, -0.2) is 0 Å². The molecule has 20 heavy (non-hydrogen) atoms. The molecule has 1 aliphatic heterocycles. The van der Waals surface area contributed by atoms with Crippen molar-refractivity contribution in [3.63, 3.8) is 0 Å². The Bertz CT molecular complexity index is 528. The molecule has 2 rings (SSSR count). The molecule has 0 aromatic heterocycles. The molecule has 0 bridgehead atoms. The van der Waals surface area contributed by atoms with Crippen LogP contribution in [0, 0.1) is 6.92 Å². The van der Waals surface area contributed by atoms with Gasteiger partial charge in [-0.3, -0.25) is 15.1 Å². The van der Waals surface area contributed by atoms with Gasteiger partial charge < -0.3 is 14.8 Å². The molecule has 0 radical (unpaired) electrons. The molecule has 6 nitrogen and oxygen atoms in total. The normalized spacial score (nSPS) is 19.9. The van der Waals surface area contributed by atoms with E-state index in [9.17, 15) is 4.79 Å². The minimum Gasteiger partial charge on any atom is -0.496 e. The maximum atomic E-state index is 12.0. The van der Waals surface area contributed by atoms with Gasteiger partial charge in [-0.05, 0) is 30.2 Å². The Morgan fingerprint density at radius 1 is 1.35 bits per heavy atom. The highest BCUT2D eigenvalue weighted by Gasteiger charge is 2.29. The molecule has 1 aromatic carbocycles. The van der Waals surface area contributed by atoms with Gasteiger partial charge in [0.2, 0.25) is 0 Å². The van der Waals surface area contributed by atoms with Gasteiger partial charge in [-0.2, -0.15) is 0 Å². The van der Waals surface area contributed by atoms with Gasteiger partial charge >= 0.3 is 0 Å². The molecule has 108 valence electrons. The SMILES string of the molecule is COCCN=C1NC(=O)C(c2ccc(OC)c(C)c2)N1. The first kappa shape index (κ1) is 14.3. The second kappa shape index (κ2) is 6.38. The van der Waals surface area contributed by atoms with Crippen LogP contribution in [0.2, 0.25) is 0 Å². The molecule has 0 aliphatic carbocycles. The smallest absolute Gasteiger partial charge is 0.253 e. The van der Waals surface area contributed by atoms with Crippen LogP contribution in [0.4, 0.5) is 0 Å². The maximum absolute atomic E-state index is 12.0. The first-order valence-corrected chi connectivity index (χ1v) is 6.41. The quantitative estimate of drug-likeness (QED) is 0.780. The second-order valence-corrected chi connectivity index (χ2v) is 4.52. The maximum Gasteiger partial charge on any atom is 0.253 e. The number of ether oxygens (including phenoxy) is 2. The molecule has 1 saturated heterocycles. The standard InChI is InChI=1S/C14H19N3O3/c1-9-8-10(4-5-11(9)20-3)12-13(18)17-14(16-12)15-6-7-19-2/h4-5,8,12H,6-7H2,1-3H3,(H2,15,16,17,18). The fourth-order valence-corrected chi connectivity index (χ4v) is 2.08. The largest absolute Gasteiger partial charge is 0.496 e. The van der Waals surface area contributed by atoms with Crippen molar-refractivity contribution in [2.24, 2.45) is 4.99 Å². The van der Waals surface area contributed by atoms with Crippen LogP contribution in [0.1, 0.15) is 17.2 Å². The van der Waals surface area contributed by atoms with E-state index in [-0.39, 0.29) is 5.91 Å². The number of methoxy groups -OCH3 is 2. The van der Waals surface area contributed by atoms with E-state index in [2.05, 4.69) is 15.6 Å². The van der Waals surface area contributed by atoms with Crippen LogP contribution >= 0.6 is 0 Å². The number of rotatable bonds is 5. The summed E-state index contributed by atoms with van der Waals surface area (Å²) in [5.74, 6) is 1.19. The summed E-state index contributed by atoms with van der Waals surface area (Å²) in [6.45, 7) is 2.98. The molecule has 1 unspecified atom stereocenters. The third-order valence-electron chi connectivity index (χ3n) is 3.10. The van der Waals surface area contributed by atoms with Gasteiger partial charge in [0.05, 0.1) is 20.3 Å². The van der Waals surface area contributed by atoms with Gasteiger partial charge in [0.1, 0.15) is 11.8 Å². The zero-order chi connectivity index (χ0) is 14.5. The molecule has 1 atom stereocenters. The Morgan fingerprint density at radius 2 is 2.15 bits per heavy atom. The molecule has 1 aliphatic rings. The zero-order valence-corrected chi connectivity index (χ0v) is 11.9. The Labute approximate surface area is 118 Å². The van der Waals surface area contributed by atoms with Crippen molar-refractivity contribution >= 4 is 11.9 Å². The van der Waals surface area contributed by atoms with Crippen LogP contribution in [0.5, 0.6) is 5.75 Å². The van der Waals surface area contributed by atoms with Crippen molar-refractivity contribution in [1.82, 2.24) is 10.6 Å². The van der Waals surface area contributed by atoms with E-state index in [1.165, 1.54) is 0 Å². The summed E-state index contributed by atoms with van der Waals surface area (Å²) in [6.07, 6.45) is 0. The van der Waals surface area contributed by atoms with E-state index in [0.29, 0.717) is 19.1 Å². The predicted octanol–water partition coefficient (Wildman–Crippen LogP) is 0.767. The number of carbonyl (C=O) groups excluding carboxylic acids is 1. The lowest BCUT2D eigenvalue weighted by atomic mass is 10.0. The van der Waals surface area contributed by atoms with Crippen molar-refractivity contribution < 1.29 is 14.3 Å². The van der Waals surface area contributed by atoms with Crippen molar-refractivity contribution in [3.05, 3.63) is 29.3 Å². The van der Waals surface area contributed by atoms with Gasteiger partial charge in [0.25, 0.3) is 5.91 Å². The number of nitrogens with one attached hydrogen (secondary N) is 2. The minimum atomic E-state index is -0.416. The first-order chi connectivity index (χ1) is 9.65. The minimum absolute atomic E-state index is 0.106. The highest BCUT2D eigenvalue weighted by atomic mass is 16.5. The van der Waals surface area contributed by atoms with Crippen LogP contribution in [0.25, 0.3) is 0 Å². The van der Waals surface area contributed by atoms with Gasteiger partial charge in [0.15, 0.2) is 5.96 Å². The van der Waals surface area contributed by atoms with E-state index in [0.717, 1.165) is 16.9 Å². The van der Waals surface area contributed by atoms with E-state index >= 15 is 0 Å². The van der Waals surface area contributed by atoms with Crippen LogP contribution in [0.15, 0.2) is 23.2 Å². The average molecular weight is 277 g/mol. The number of aliphatic imine (C=N–C) groups is 1. The molecule has 6 heteroatoms. The summed E-state index contributed by atoms with van der Waals surface area (Å²) < 4.78 is 10.1. The zero-order valence-electron chi connectivity index (χ0n) is 11.9. The molecule has 1 fully saturated rings. The first-order valence-electron chi connectivity index (χ1n) is 6.41. The summed E-state index contributed by atoms with van der Waals surface area (Å²) in [4.78, 5) is 16.2. The second-order valence-electron chi connectivity index (χ2n) is 4.52. The number of hydrogen-bond donors (Lipinski definition) is 2. The van der Waals surface area contributed by atoms with Gasteiger partial charge in [-0.15, -0.1) is 0 Å². The summed E-state index contributed by atoms with van der Waals surface area (Å²) in [7, 11) is 3.24. The Kier molecular flexibility index (Phi) is 4.57. The Balaban J connectivity index is 2.11. The van der Waals surface area contributed by atoms with Gasteiger partial charge in [0, 0.05) is 7.11 Å². The van der Waals surface area contributed by atoms with Crippen molar-refractivity contribution in [3.8, 4) is 5.75 Å². The lowest BCUT2D eigenvalue weighted by molar-refractivity contribution is -0.120. The van der Waals surface area contributed by atoms with Crippen LogP contribution in [0.3, 0.4) is 0 Å². The molecule has 1 heterocycles. The lowest BCUT2D eigenvalue weighted by Crippen LogP contribution is -2.26. The van der Waals surface area contributed by atoms with Crippen LogP contribution < -0.4 is 15.4 Å². The summed E-state index contributed by atoms with van der Waals surface area (Å²) in [5.41, 5.74) is 1.88. The number of aryl methyl sites for hydroxylation is 1. The molecular formula is C14H19N3O3. The number of hydrogen-bond acceptors (Lipinski definition) is 4. The summed E-state index contributed by atoms with van der Waals surface area (Å²) in [5, 5.41) is 5.80. The lowest BCUT2D eigenvalue weighted by Gasteiger charge is -2.11. The monoisotopic (exact) mass is 277 g/mol. The number of carbonyl (C=O) groups is 1. The fraction of sp³-hybridized carbons (Fsp3) is 0.429. The van der Waals surface area contributed by atoms with Crippen LogP contribution in [-0.4, -0.2) is 39.2 Å². The molecular weight excluding hydrogens is 258 g/mol. The number of benzene rings is 1. The molecule has 1 amide bonds. The molecule has 0 saturated carbocycles. The highest BCUT2D eigenvalue weighted by molar-refractivity contribution is 6.06. The Hall–Kier alpha value is -2.08. The number of amides is 1. The summed E-state index contributed by atoms with van der Waals surface area (Å²) in [6, 6.07) is 5.26. The third-order valence-corrected chi connectivity index (χ3v) is 3.10. The topological polar surface area (TPSA) is 72.0 Å². The average Bonchev–Trinajstić information content (AvgIpc) is 2.80. The summed E-state index contributed by atoms with van der Waals surface area (Å²) >= 11 is 0. The van der Waals surface area contributed by atoms with E-state index in [4.69, 9.17) is 9.47 Å². The fourth-order valence-electron chi connectivity index (χ4n) is 2.08. The predicted molar refractivity (Wildman–Crippen MR) is 75.9 cm³/mol. The molecule has 1 aromatic rings. The van der Waals surface area contributed by atoms with Crippen molar-refractivity contribution in [1.29, 1.82) is 0 Å². The van der Waals surface area contributed by atoms with E-state index < -0.39 is 6.04 Å². The van der Waals surface area contributed by atoms with Gasteiger partial charge in [-0.1, -0.05) is 6.07 Å². The van der Waals surface area contributed by atoms with Crippen LogP contribution in [-0.2, 0) is 9.53 Å². The van der Waals surface area contributed by atoms with Crippen molar-refractivity contribution in [2.45, 2.75) is 13.0 Å². The molecule has 2 N–H and O–H groups in total. The number of guanidine groups is 1.